The van der Waals surface area contributed by atoms with Crippen LogP contribution in [0.2, 0.25) is 0 Å². The van der Waals surface area contributed by atoms with E-state index < -0.39 is 0 Å². The third kappa shape index (κ3) is 2.18. The second kappa shape index (κ2) is 5.25. The SMILES string of the molecule is CC.COc1ccc2ncc(=O)n(C)c2n1. The molecule has 0 fully saturated rings. The summed E-state index contributed by atoms with van der Waals surface area (Å²) < 4.78 is 6.40. The van der Waals surface area contributed by atoms with E-state index in [1.807, 2.05) is 13.8 Å². The lowest BCUT2D eigenvalue weighted by Gasteiger charge is -2.03. The Labute approximate surface area is 93.7 Å². The minimum absolute atomic E-state index is 0.182. The number of aromatic nitrogens is 3. The lowest BCUT2D eigenvalue weighted by Crippen LogP contribution is -2.17. The summed E-state index contributed by atoms with van der Waals surface area (Å²) in [5.74, 6) is 0.473. The maximum absolute atomic E-state index is 11.3. The van der Waals surface area contributed by atoms with Crippen molar-refractivity contribution in [3.05, 3.63) is 28.7 Å². The Kier molecular flexibility index (Phi) is 3.99. The van der Waals surface area contributed by atoms with Crippen LogP contribution in [-0.4, -0.2) is 21.6 Å². The van der Waals surface area contributed by atoms with E-state index in [1.54, 1.807) is 19.2 Å². The van der Waals surface area contributed by atoms with E-state index in [1.165, 1.54) is 17.9 Å². The number of hydrogen-bond donors (Lipinski definition) is 0. The van der Waals surface area contributed by atoms with E-state index in [2.05, 4.69) is 9.97 Å². The molecule has 2 rings (SSSR count). The van der Waals surface area contributed by atoms with Crippen LogP contribution in [0.15, 0.2) is 23.1 Å². The molecule has 0 aliphatic heterocycles. The largest absolute Gasteiger partial charge is 0.481 e. The first kappa shape index (κ1) is 12.2. The van der Waals surface area contributed by atoms with Crippen molar-refractivity contribution in [2.45, 2.75) is 13.8 Å². The molecule has 0 saturated carbocycles. The topological polar surface area (TPSA) is 57.0 Å². The molecular weight excluding hydrogens is 206 g/mol. The highest BCUT2D eigenvalue weighted by molar-refractivity contribution is 5.70. The highest BCUT2D eigenvalue weighted by Gasteiger charge is 2.03. The first-order chi connectivity index (χ1) is 7.72. The molecule has 0 N–H and O–H groups in total. The molecule has 0 bridgehead atoms. The lowest BCUT2D eigenvalue weighted by atomic mass is 10.4. The molecule has 0 aromatic carbocycles. The van der Waals surface area contributed by atoms with Gasteiger partial charge in [-0.25, -0.2) is 4.98 Å². The van der Waals surface area contributed by atoms with Gasteiger partial charge < -0.3 is 4.74 Å². The molecule has 86 valence electrons. The monoisotopic (exact) mass is 221 g/mol. The van der Waals surface area contributed by atoms with Gasteiger partial charge in [0.15, 0.2) is 5.65 Å². The minimum atomic E-state index is -0.182. The average molecular weight is 221 g/mol. The molecule has 5 nitrogen and oxygen atoms in total. The van der Waals surface area contributed by atoms with Crippen molar-refractivity contribution in [2.75, 3.05) is 7.11 Å². The van der Waals surface area contributed by atoms with Gasteiger partial charge in [0.05, 0.1) is 13.3 Å². The number of rotatable bonds is 1. The zero-order chi connectivity index (χ0) is 12.1. The summed E-state index contributed by atoms with van der Waals surface area (Å²) in [6, 6.07) is 3.47. The van der Waals surface area contributed by atoms with Gasteiger partial charge in [0.2, 0.25) is 5.88 Å². The number of nitrogens with zero attached hydrogens (tertiary/aromatic N) is 3. The second-order valence-corrected chi connectivity index (χ2v) is 2.85. The van der Waals surface area contributed by atoms with E-state index in [0.717, 1.165) is 0 Å². The van der Waals surface area contributed by atoms with Crippen molar-refractivity contribution in [1.29, 1.82) is 0 Å². The van der Waals surface area contributed by atoms with Gasteiger partial charge in [-0.05, 0) is 6.07 Å². The summed E-state index contributed by atoms with van der Waals surface area (Å²) in [6.45, 7) is 4.00. The van der Waals surface area contributed by atoms with E-state index >= 15 is 0 Å². The third-order valence-electron chi connectivity index (χ3n) is 2.00. The van der Waals surface area contributed by atoms with E-state index in [0.29, 0.717) is 17.0 Å². The van der Waals surface area contributed by atoms with Gasteiger partial charge in [-0.2, -0.15) is 4.98 Å². The van der Waals surface area contributed by atoms with Crippen LogP contribution in [0.1, 0.15) is 13.8 Å². The predicted octanol–water partition coefficient (Wildman–Crippen LogP) is 1.36. The zero-order valence-electron chi connectivity index (χ0n) is 9.89. The normalized spacial score (nSPS) is 9.50. The summed E-state index contributed by atoms with van der Waals surface area (Å²) in [5, 5.41) is 0. The summed E-state index contributed by atoms with van der Waals surface area (Å²) in [7, 11) is 3.18. The van der Waals surface area contributed by atoms with Crippen LogP contribution in [0.25, 0.3) is 11.2 Å². The Morgan fingerprint density at radius 3 is 2.62 bits per heavy atom. The van der Waals surface area contributed by atoms with E-state index in [9.17, 15) is 4.79 Å². The van der Waals surface area contributed by atoms with Crippen molar-refractivity contribution in [3.63, 3.8) is 0 Å². The van der Waals surface area contributed by atoms with E-state index in [4.69, 9.17) is 4.74 Å². The zero-order valence-corrected chi connectivity index (χ0v) is 9.89. The molecule has 0 spiro atoms. The first-order valence-electron chi connectivity index (χ1n) is 5.09. The Morgan fingerprint density at radius 2 is 2.00 bits per heavy atom. The van der Waals surface area contributed by atoms with Crippen molar-refractivity contribution < 1.29 is 4.74 Å². The van der Waals surface area contributed by atoms with Gasteiger partial charge in [-0.3, -0.25) is 9.36 Å². The van der Waals surface area contributed by atoms with Gasteiger partial charge in [0, 0.05) is 13.1 Å². The van der Waals surface area contributed by atoms with Gasteiger partial charge in [-0.1, -0.05) is 13.8 Å². The number of pyridine rings is 1. The molecule has 0 radical (unpaired) electrons. The molecule has 0 aliphatic carbocycles. The van der Waals surface area contributed by atoms with Crippen LogP contribution < -0.4 is 10.3 Å². The van der Waals surface area contributed by atoms with Crippen molar-refractivity contribution in [1.82, 2.24) is 14.5 Å². The minimum Gasteiger partial charge on any atom is -0.481 e. The smallest absolute Gasteiger partial charge is 0.270 e. The number of methoxy groups -OCH3 is 1. The van der Waals surface area contributed by atoms with Gasteiger partial charge in [-0.15, -0.1) is 0 Å². The lowest BCUT2D eigenvalue weighted by molar-refractivity contribution is 0.399. The molecule has 16 heavy (non-hydrogen) atoms. The van der Waals surface area contributed by atoms with Crippen molar-refractivity contribution >= 4 is 11.2 Å². The van der Waals surface area contributed by atoms with Crippen LogP contribution in [0, 0.1) is 0 Å². The third-order valence-corrected chi connectivity index (χ3v) is 2.00. The first-order valence-corrected chi connectivity index (χ1v) is 5.09. The Hall–Kier alpha value is -1.91. The van der Waals surface area contributed by atoms with Crippen LogP contribution in [-0.2, 0) is 7.05 Å². The summed E-state index contributed by atoms with van der Waals surface area (Å²) in [4.78, 5) is 19.4. The molecule has 0 unspecified atom stereocenters. The molecule has 2 aromatic rings. The summed E-state index contributed by atoms with van der Waals surface area (Å²) in [6.07, 6.45) is 1.27. The average Bonchev–Trinajstić information content (AvgIpc) is 2.36. The molecule has 0 saturated heterocycles. The number of ether oxygens (including phenoxy) is 1. The van der Waals surface area contributed by atoms with E-state index in [-0.39, 0.29) is 5.56 Å². The number of hydrogen-bond acceptors (Lipinski definition) is 4. The molecule has 0 amide bonds. The molecule has 5 heteroatoms. The fourth-order valence-corrected chi connectivity index (χ4v) is 1.20. The Balaban J connectivity index is 0.000000606. The highest BCUT2D eigenvalue weighted by Crippen LogP contribution is 2.11. The number of fused-ring (bicyclic) bond motifs is 1. The molecule has 2 heterocycles. The van der Waals surface area contributed by atoms with Crippen molar-refractivity contribution in [3.8, 4) is 5.88 Å². The fourth-order valence-electron chi connectivity index (χ4n) is 1.20. The summed E-state index contributed by atoms with van der Waals surface area (Å²) >= 11 is 0. The second-order valence-electron chi connectivity index (χ2n) is 2.85. The Morgan fingerprint density at radius 1 is 1.31 bits per heavy atom. The molecule has 0 aliphatic rings. The standard InChI is InChI=1S/C9H9N3O2.C2H6/c1-12-8(13)5-10-6-3-4-7(14-2)11-9(6)12;1-2/h3-5H,1-2H3;1-2H3. The van der Waals surface area contributed by atoms with Crippen LogP contribution in [0.5, 0.6) is 5.88 Å². The molecule has 2 aromatic heterocycles. The highest BCUT2D eigenvalue weighted by atomic mass is 16.5. The quantitative estimate of drug-likeness (QED) is 0.729. The Bertz CT molecular complexity index is 534. The van der Waals surface area contributed by atoms with Crippen LogP contribution >= 0.6 is 0 Å². The van der Waals surface area contributed by atoms with Crippen molar-refractivity contribution in [2.24, 2.45) is 7.05 Å². The summed E-state index contributed by atoms with van der Waals surface area (Å²) in [5.41, 5.74) is 1.02. The molecule has 0 atom stereocenters. The van der Waals surface area contributed by atoms with Crippen LogP contribution in [0.3, 0.4) is 0 Å². The van der Waals surface area contributed by atoms with Gasteiger partial charge in [0.25, 0.3) is 5.56 Å². The predicted molar refractivity (Wildman–Crippen MR) is 62.7 cm³/mol. The fraction of sp³-hybridized carbons (Fsp3) is 0.364. The number of aryl methyl sites for hydroxylation is 1. The van der Waals surface area contributed by atoms with Crippen LogP contribution in [0.4, 0.5) is 0 Å². The maximum Gasteiger partial charge on any atom is 0.270 e. The molecular formula is C11H15N3O2. The maximum atomic E-state index is 11.3. The van der Waals surface area contributed by atoms with Gasteiger partial charge >= 0.3 is 0 Å². The van der Waals surface area contributed by atoms with Gasteiger partial charge in [0.1, 0.15) is 5.52 Å².